The minimum absolute atomic E-state index is 0.0649. The molecule has 2 N–H and O–H groups in total. The number of ether oxygens (including phenoxy) is 1. The molecule has 2 unspecified atom stereocenters. The third-order valence-electron chi connectivity index (χ3n) is 6.90. The standard InChI is InChI=1S/C29H32N4O3S/c1-18-11-12-19(2)24(14-18)27-26(28(35)32-21-8-5-4-6-9-21)20(3)31-29-33(27)22(17-37-29)15-25(34)30-16-23-10-7-13-36-23/h4-6,8-9,11-12,14,17,23,27H,7,10,13,15-16H2,1-3H3,(H,30,34)(H,32,35). The van der Waals surface area contributed by atoms with E-state index < -0.39 is 6.04 Å². The zero-order chi connectivity index (χ0) is 25.9. The summed E-state index contributed by atoms with van der Waals surface area (Å²) in [5.41, 5.74) is 6.02. The van der Waals surface area contributed by atoms with Gasteiger partial charge in [0, 0.05) is 24.5 Å². The van der Waals surface area contributed by atoms with Crippen molar-refractivity contribution < 1.29 is 14.3 Å². The number of fused-ring (bicyclic) bond motifs is 1. The van der Waals surface area contributed by atoms with Crippen LogP contribution >= 0.6 is 11.8 Å². The van der Waals surface area contributed by atoms with Gasteiger partial charge in [0.2, 0.25) is 5.91 Å². The summed E-state index contributed by atoms with van der Waals surface area (Å²) in [4.78, 5) is 33.5. The van der Waals surface area contributed by atoms with E-state index in [2.05, 4.69) is 47.6 Å². The molecular formula is C29H32N4O3S. The first kappa shape index (κ1) is 25.3. The van der Waals surface area contributed by atoms with Crippen LogP contribution in [0.1, 0.15) is 48.9 Å². The van der Waals surface area contributed by atoms with Crippen molar-refractivity contribution in [2.45, 2.75) is 52.2 Å². The molecule has 2 amide bonds. The Kier molecular flexibility index (Phi) is 7.48. The van der Waals surface area contributed by atoms with Gasteiger partial charge in [-0.25, -0.2) is 4.99 Å². The number of hydrogen-bond donors (Lipinski definition) is 2. The Morgan fingerprint density at radius 1 is 1.14 bits per heavy atom. The fourth-order valence-electron chi connectivity index (χ4n) is 4.99. The average Bonchev–Trinajstić information content (AvgIpc) is 3.54. The molecule has 1 fully saturated rings. The van der Waals surface area contributed by atoms with Gasteiger partial charge in [-0.1, -0.05) is 53.7 Å². The molecule has 2 aromatic carbocycles. The number of nitrogens with zero attached hydrogens (tertiary/aromatic N) is 2. The Labute approximate surface area is 222 Å². The smallest absolute Gasteiger partial charge is 0.255 e. The second-order valence-electron chi connectivity index (χ2n) is 9.69. The van der Waals surface area contributed by atoms with E-state index in [1.54, 1.807) is 0 Å². The van der Waals surface area contributed by atoms with Crippen LogP contribution in [0.25, 0.3) is 0 Å². The lowest BCUT2D eigenvalue weighted by Crippen LogP contribution is -2.39. The molecular weight excluding hydrogens is 484 g/mol. The van der Waals surface area contributed by atoms with Crippen LogP contribution in [0.2, 0.25) is 0 Å². The first-order valence-corrected chi connectivity index (χ1v) is 13.5. The Morgan fingerprint density at radius 3 is 2.70 bits per heavy atom. The predicted molar refractivity (Wildman–Crippen MR) is 148 cm³/mol. The van der Waals surface area contributed by atoms with Gasteiger partial charge in [-0.15, -0.1) is 0 Å². The van der Waals surface area contributed by atoms with Crippen molar-refractivity contribution in [3.8, 4) is 0 Å². The van der Waals surface area contributed by atoms with Crippen molar-refractivity contribution in [3.63, 3.8) is 0 Å². The predicted octanol–water partition coefficient (Wildman–Crippen LogP) is 5.20. The number of rotatable bonds is 7. The van der Waals surface area contributed by atoms with Crippen LogP contribution in [0, 0.1) is 13.8 Å². The van der Waals surface area contributed by atoms with E-state index in [-0.39, 0.29) is 24.3 Å². The number of amidine groups is 1. The molecule has 1 saturated heterocycles. The molecule has 0 aliphatic carbocycles. The Bertz CT molecular complexity index is 1300. The first-order chi connectivity index (χ1) is 17.9. The van der Waals surface area contributed by atoms with Crippen LogP contribution in [0.4, 0.5) is 5.69 Å². The van der Waals surface area contributed by atoms with Gasteiger partial charge in [0.1, 0.15) is 0 Å². The third-order valence-corrected chi connectivity index (χ3v) is 7.79. The van der Waals surface area contributed by atoms with Crippen LogP contribution in [0.5, 0.6) is 0 Å². The molecule has 5 rings (SSSR count). The van der Waals surface area contributed by atoms with E-state index in [1.807, 2.05) is 42.7 Å². The van der Waals surface area contributed by atoms with Crippen molar-refractivity contribution in [1.29, 1.82) is 0 Å². The highest BCUT2D eigenvalue weighted by molar-refractivity contribution is 8.16. The maximum absolute atomic E-state index is 13.7. The molecule has 0 saturated carbocycles. The number of thioether (sulfide) groups is 1. The summed E-state index contributed by atoms with van der Waals surface area (Å²) < 4.78 is 5.65. The van der Waals surface area contributed by atoms with E-state index in [1.165, 1.54) is 11.8 Å². The minimum atomic E-state index is -0.400. The molecule has 3 aliphatic heterocycles. The summed E-state index contributed by atoms with van der Waals surface area (Å²) in [5.74, 6) is -0.263. The number of carbonyl (C=O) groups excluding carboxylic acids is 2. The largest absolute Gasteiger partial charge is 0.376 e. The monoisotopic (exact) mass is 516 g/mol. The lowest BCUT2D eigenvalue weighted by molar-refractivity contribution is -0.121. The van der Waals surface area contributed by atoms with Gasteiger partial charge in [0.25, 0.3) is 5.91 Å². The van der Waals surface area contributed by atoms with Crippen molar-refractivity contribution in [2.75, 3.05) is 18.5 Å². The number of carbonyl (C=O) groups is 2. The van der Waals surface area contributed by atoms with E-state index in [9.17, 15) is 9.59 Å². The SMILES string of the molecule is CC1=C(C(=O)Nc2ccccc2)C(c2cc(C)ccc2C)N2C(CC(=O)NCC3CCCO3)=CSC2=N1. The van der Waals surface area contributed by atoms with Crippen molar-refractivity contribution in [2.24, 2.45) is 4.99 Å². The van der Waals surface area contributed by atoms with E-state index in [0.717, 1.165) is 52.7 Å². The molecule has 0 radical (unpaired) electrons. The van der Waals surface area contributed by atoms with Crippen LogP contribution in [0.15, 0.2) is 75.9 Å². The van der Waals surface area contributed by atoms with Crippen molar-refractivity contribution in [1.82, 2.24) is 10.2 Å². The fourth-order valence-corrected chi connectivity index (χ4v) is 5.95. The molecule has 0 bridgehead atoms. The number of allylic oxidation sites excluding steroid dienone is 1. The van der Waals surface area contributed by atoms with Crippen LogP contribution in [-0.4, -0.2) is 41.1 Å². The van der Waals surface area contributed by atoms with Crippen molar-refractivity contribution >= 4 is 34.4 Å². The summed E-state index contributed by atoms with van der Waals surface area (Å²) >= 11 is 1.49. The van der Waals surface area contributed by atoms with Crippen LogP contribution in [-0.2, 0) is 14.3 Å². The summed E-state index contributed by atoms with van der Waals surface area (Å²) in [7, 11) is 0. The quantitative estimate of drug-likeness (QED) is 0.528. The fraction of sp³-hybridized carbons (Fsp3) is 0.345. The zero-order valence-corrected chi connectivity index (χ0v) is 22.2. The van der Waals surface area contributed by atoms with Gasteiger partial charge in [-0.2, -0.15) is 0 Å². The number of nitrogens with one attached hydrogen (secondary N) is 2. The summed E-state index contributed by atoms with van der Waals surface area (Å²) in [6.45, 7) is 7.27. The van der Waals surface area contributed by atoms with Gasteiger partial charge in [-0.05, 0) is 62.3 Å². The van der Waals surface area contributed by atoms with E-state index in [4.69, 9.17) is 9.73 Å². The second kappa shape index (κ2) is 10.9. The number of amides is 2. The molecule has 192 valence electrons. The summed E-state index contributed by atoms with van der Waals surface area (Å²) in [5, 5.41) is 8.84. The Hall–Kier alpha value is -3.36. The lowest BCUT2D eigenvalue weighted by Gasteiger charge is -2.37. The van der Waals surface area contributed by atoms with Gasteiger partial charge in [-0.3, -0.25) is 9.59 Å². The molecule has 0 spiro atoms. The highest BCUT2D eigenvalue weighted by Gasteiger charge is 2.41. The molecule has 3 aliphatic rings. The van der Waals surface area contributed by atoms with Crippen molar-refractivity contribution in [3.05, 3.63) is 87.6 Å². The molecule has 37 heavy (non-hydrogen) atoms. The highest BCUT2D eigenvalue weighted by atomic mass is 32.2. The van der Waals surface area contributed by atoms with Crippen LogP contribution in [0.3, 0.4) is 0 Å². The molecule has 8 heteroatoms. The number of para-hydroxylation sites is 1. The lowest BCUT2D eigenvalue weighted by atomic mass is 9.89. The zero-order valence-electron chi connectivity index (χ0n) is 21.4. The van der Waals surface area contributed by atoms with E-state index >= 15 is 0 Å². The summed E-state index contributed by atoms with van der Waals surface area (Å²) in [6, 6.07) is 15.3. The van der Waals surface area contributed by atoms with Gasteiger partial charge in [0.15, 0.2) is 5.17 Å². The maximum Gasteiger partial charge on any atom is 0.255 e. The molecule has 7 nitrogen and oxygen atoms in total. The minimum Gasteiger partial charge on any atom is -0.376 e. The first-order valence-electron chi connectivity index (χ1n) is 12.7. The number of anilines is 1. The second-order valence-corrected chi connectivity index (χ2v) is 10.5. The van der Waals surface area contributed by atoms with Gasteiger partial charge >= 0.3 is 0 Å². The third kappa shape index (κ3) is 5.50. The number of aliphatic imine (C=N–C) groups is 1. The number of aryl methyl sites for hydroxylation is 2. The average molecular weight is 517 g/mol. The summed E-state index contributed by atoms with van der Waals surface area (Å²) in [6.07, 6.45) is 2.30. The maximum atomic E-state index is 13.7. The van der Waals surface area contributed by atoms with Gasteiger partial charge in [0.05, 0.1) is 29.8 Å². The topological polar surface area (TPSA) is 83.0 Å². The molecule has 0 aromatic heterocycles. The van der Waals surface area contributed by atoms with Crippen LogP contribution < -0.4 is 10.6 Å². The Morgan fingerprint density at radius 2 is 1.95 bits per heavy atom. The molecule has 3 heterocycles. The molecule has 2 aromatic rings. The normalized spacial score (nSPS) is 20.9. The van der Waals surface area contributed by atoms with E-state index in [0.29, 0.717) is 17.8 Å². The number of hydrogen-bond acceptors (Lipinski definition) is 6. The van der Waals surface area contributed by atoms with Gasteiger partial charge < -0.3 is 20.3 Å². The Balaban J connectivity index is 1.46. The highest BCUT2D eigenvalue weighted by Crippen LogP contribution is 2.45. The molecule has 2 atom stereocenters. The number of benzene rings is 2.